The fraction of sp³-hybridized carbons (Fsp3) is 0.462. The van der Waals surface area contributed by atoms with Crippen molar-refractivity contribution in [3.8, 4) is 0 Å². The standard InChI is InChI=1S/C13H17N3O3/c14-13(17)11-4-2-6-15(9-11)8-10-3-1-5-12(7-10)16(18)19/h1,3,5,7,11H,2,4,6,8-9H2,(H2,14,17)/p+1/t11-/m1/s1. The zero-order valence-corrected chi connectivity index (χ0v) is 10.7. The molecule has 2 atom stereocenters. The van der Waals surface area contributed by atoms with Gasteiger partial charge in [-0.2, -0.15) is 0 Å². The molecule has 2 rings (SSSR count). The van der Waals surface area contributed by atoms with Crippen molar-refractivity contribution in [2.75, 3.05) is 13.1 Å². The first-order chi connectivity index (χ1) is 9.06. The van der Waals surface area contributed by atoms with Crippen molar-refractivity contribution in [2.24, 2.45) is 11.7 Å². The number of piperidine rings is 1. The van der Waals surface area contributed by atoms with E-state index in [0.717, 1.165) is 31.5 Å². The van der Waals surface area contributed by atoms with Crippen molar-refractivity contribution in [3.05, 3.63) is 39.9 Å². The summed E-state index contributed by atoms with van der Waals surface area (Å²) in [5.41, 5.74) is 6.38. The Morgan fingerprint density at radius 2 is 2.32 bits per heavy atom. The highest BCUT2D eigenvalue weighted by Crippen LogP contribution is 2.13. The minimum absolute atomic E-state index is 0.0672. The number of likely N-dealkylation sites (tertiary alicyclic amines) is 1. The zero-order chi connectivity index (χ0) is 13.8. The number of nitrogens with one attached hydrogen (secondary N) is 1. The Hall–Kier alpha value is -1.95. The van der Waals surface area contributed by atoms with Crippen LogP contribution in [0.3, 0.4) is 0 Å². The Labute approximate surface area is 111 Å². The molecule has 6 nitrogen and oxygen atoms in total. The van der Waals surface area contributed by atoms with E-state index in [0.29, 0.717) is 6.54 Å². The van der Waals surface area contributed by atoms with Crippen LogP contribution in [-0.2, 0) is 11.3 Å². The second kappa shape index (κ2) is 5.79. The number of nitrogens with zero attached hydrogens (tertiary/aromatic N) is 1. The van der Waals surface area contributed by atoms with Crippen molar-refractivity contribution < 1.29 is 14.6 Å². The normalized spacial score (nSPS) is 22.9. The van der Waals surface area contributed by atoms with Crippen LogP contribution in [0.2, 0.25) is 0 Å². The molecule has 1 heterocycles. The molecule has 0 saturated carbocycles. The van der Waals surface area contributed by atoms with E-state index in [1.807, 2.05) is 6.07 Å². The van der Waals surface area contributed by atoms with Gasteiger partial charge in [0.15, 0.2) is 0 Å². The predicted molar refractivity (Wildman–Crippen MR) is 69.4 cm³/mol. The number of quaternary nitrogens is 1. The lowest BCUT2D eigenvalue weighted by Crippen LogP contribution is -3.12. The summed E-state index contributed by atoms with van der Waals surface area (Å²) in [5, 5.41) is 10.7. The van der Waals surface area contributed by atoms with E-state index < -0.39 is 0 Å². The van der Waals surface area contributed by atoms with Gasteiger partial charge in [0.1, 0.15) is 6.54 Å². The molecule has 1 aliphatic rings. The quantitative estimate of drug-likeness (QED) is 0.586. The van der Waals surface area contributed by atoms with E-state index in [1.165, 1.54) is 11.0 Å². The van der Waals surface area contributed by atoms with Gasteiger partial charge in [0.05, 0.1) is 23.9 Å². The fourth-order valence-electron chi connectivity index (χ4n) is 2.62. The van der Waals surface area contributed by atoms with Gasteiger partial charge in [0.25, 0.3) is 5.69 Å². The Balaban J connectivity index is 2.02. The molecule has 3 N–H and O–H groups in total. The number of carbonyl (C=O) groups excluding carboxylic acids is 1. The van der Waals surface area contributed by atoms with Crippen LogP contribution in [-0.4, -0.2) is 23.9 Å². The van der Waals surface area contributed by atoms with Crippen LogP contribution in [0.15, 0.2) is 24.3 Å². The lowest BCUT2D eigenvalue weighted by Gasteiger charge is -2.28. The van der Waals surface area contributed by atoms with E-state index >= 15 is 0 Å². The van der Waals surface area contributed by atoms with Gasteiger partial charge in [0, 0.05) is 17.7 Å². The van der Waals surface area contributed by atoms with Gasteiger partial charge in [-0.25, -0.2) is 0 Å². The molecule has 1 fully saturated rings. The molecule has 0 radical (unpaired) electrons. The molecule has 0 aliphatic carbocycles. The summed E-state index contributed by atoms with van der Waals surface area (Å²) in [5.74, 6) is -0.307. The van der Waals surface area contributed by atoms with Gasteiger partial charge in [0.2, 0.25) is 5.91 Å². The summed E-state index contributed by atoms with van der Waals surface area (Å²) >= 11 is 0. The van der Waals surface area contributed by atoms with Gasteiger partial charge in [-0.1, -0.05) is 12.1 Å². The summed E-state index contributed by atoms with van der Waals surface area (Å²) in [6.07, 6.45) is 1.83. The molecule has 1 saturated heterocycles. The maximum Gasteiger partial charge on any atom is 0.269 e. The van der Waals surface area contributed by atoms with E-state index in [1.54, 1.807) is 12.1 Å². The number of nitrogens with two attached hydrogens (primary N) is 1. The highest BCUT2D eigenvalue weighted by atomic mass is 16.6. The number of primary amides is 1. The summed E-state index contributed by atoms with van der Waals surface area (Å²) in [6, 6.07) is 6.67. The summed E-state index contributed by atoms with van der Waals surface area (Å²) in [4.78, 5) is 22.8. The smallest absolute Gasteiger partial charge is 0.269 e. The number of carbonyl (C=O) groups is 1. The van der Waals surface area contributed by atoms with Gasteiger partial charge < -0.3 is 10.6 Å². The number of amides is 1. The minimum Gasteiger partial charge on any atom is -0.369 e. The molecule has 6 heteroatoms. The molecule has 1 aromatic carbocycles. The van der Waals surface area contributed by atoms with Crippen LogP contribution < -0.4 is 10.6 Å². The van der Waals surface area contributed by atoms with Crippen molar-refractivity contribution >= 4 is 11.6 Å². The van der Waals surface area contributed by atoms with Crippen LogP contribution in [0.1, 0.15) is 18.4 Å². The number of rotatable bonds is 4. The maximum absolute atomic E-state index is 11.2. The Kier molecular flexibility index (Phi) is 4.11. The Bertz CT molecular complexity index is 490. The average Bonchev–Trinajstić information content (AvgIpc) is 2.39. The number of nitro benzene ring substituents is 1. The Morgan fingerprint density at radius 1 is 1.53 bits per heavy atom. The van der Waals surface area contributed by atoms with Crippen molar-refractivity contribution in [3.63, 3.8) is 0 Å². The summed E-state index contributed by atoms with van der Waals surface area (Å²) < 4.78 is 0. The Morgan fingerprint density at radius 3 is 3.00 bits per heavy atom. The summed E-state index contributed by atoms with van der Waals surface area (Å²) in [6.45, 7) is 2.40. The largest absolute Gasteiger partial charge is 0.369 e. The molecule has 102 valence electrons. The number of benzene rings is 1. The molecule has 0 aromatic heterocycles. The third-order valence-electron chi connectivity index (χ3n) is 3.60. The summed E-state index contributed by atoms with van der Waals surface area (Å²) in [7, 11) is 0. The average molecular weight is 264 g/mol. The molecule has 1 unspecified atom stereocenters. The monoisotopic (exact) mass is 264 g/mol. The molecule has 1 aliphatic heterocycles. The van der Waals surface area contributed by atoms with Gasteiger partial charge >= 0.3 is 0 Å². The molecule has 0 spiro atoms. The minimum atomic E-state index is -0.388. The highest BCUT2D eigenvalue weighted by Gasteiger charge is 2.27. The van der Waals surface area contributed by atoms with E-state index in [-0.39, 0.29) is 22.4 Å². The number of hydrogen-bond acceptors (Lipinski definition) is 3. The molecule has 19 heavy (non-hydrogen) atoms. The topological polar surface area (TPSA) is 90.7 Å². The van der Waals surface area contributed by atoms with Gasteiger partial charge in [-0.3, -0.25) is 14.9 Å². The first-order valence-corrected chi connectivity index (χ1v) is 6.42. The second-order valence-electron chi connectivity index (χ2n) is 5.05. The van der Waals surface area contributed by atoms with Crippen LogP contribution >= 0.6 is 0 Å². The number of non-ortho nitro benzene ring substituents is 1. The predicted octanol–water partition coefficient (Wildman–Crippen LogP) is -0.125. The third-order valence-corrected chi connectivity index (χ3v) is 3.60. The first kappa shape index (κ1) is 13.5. The molecule has 1 amide bonds. The lowest BCUT2D eigenvalue weighted by atomic mass is 9.97. The number of hydrogen-bond donors (Lipinski definition) is 2. The lowest BCUT2D eigenvalue weighted by molar-refractivity contribution is -0.921. The first-order valence-electron chi connectivity index (χ1n) is 6.42. The molecular weight excluding hydrogens is 246 g/mol. The fourth-order valence-corrected chi connectivity index (χ4v) is 2.62. The maximum atomic E-state index is 11.2. The van der Waals surface area contributed by atoms with Gasteiger partial charge in [-0.05, 0) is 12.8 Å². The van der Waals surface area contributed by atoms with Gasteiger partial charge in [-0.15, -0.1) is 0 Å². The molecule has 0 bridgehead atoms. The molecule has 1 aromatic rings. The molecular formula is C13H18N3O3+. The second-order valence-corrected chi connectivity index (χ2v) is 5.05. The zero-order valence-electron chi connectivity index (χ0n) is 10.7. The third kappa shape index (κ3) is 3.51. The van der Waals surface area contributed by atoms with Crippen LogP contribution in [0, 0.1) is 16.0 Å². The highest BCUT2D eigenvalue weighted by molar-refractivity contribution is 5.76. The van der Waals surface area contributed by atoms with Crippen molar-refractivity contribution in [1.29, 1.82) is 0 Å². The van der Waals surface area contributed by atoms with E-state index in [2.05, 4.69) is 0 Å². The number of nitro groups is 1. The van der Waals surface area contributed by atoms with Crippen molar-refractivity contribution in [2.45, 2.75) is 19.4 Å². The van der Waals surface area contributed by atoms with E-state index in [4.69, 9.17) is 5.73 Å². The van der Waals surface area contributed by atoms with Crippen LogP contribution in [0.5, 0.6) is 0 Å². The van der Waals surface area contributed by atoms with E-state index in [9.17, 15) is 14.9 Å². The SMILES string of the molecule is NC(=O)[C@@H]1CCC[NH+](Cc2cccc([N+](=O)[O-])c2)C1. The van der Waals surface area contributed by atoms with Crippen LogP contribution in [0.25, 0.3) is 0 Å². The van der Waals surface area contributed by atoms with Crippen molar-refractivity contribution in [1.82, 2.24) is 0 Å². The van der Waals surface area contributed by atoms with Crippen LogP contribution in [0.4, 0.5) is 5.69 Å².